The van der Waals surface area contributed by atoms with E-state index in [2.05, 4.69) is 20.8 Å². The molecule has 0 aliphatic carbocycles. The van der Waals surface area contributed by atoms with Gasteiger partial charge in [0, 0.05) is 11.6 Å². The number of carbonyl (C=O) groups excluding carboxylic acids is 1. The average molecular weight is 296 g/mol. The second-order valence-corrected chi connectivity index (χ2v) is 6.79. The summed E-state index contributed by atoms with van der Waals surface area (Å²) in [4.78, 5) is 14.4. The summed E-state index contributed by atoms with van der Waals surface area (Å²) < 4.78 is 5.30. The monoisotopic (exact) mass is 295 g/mol. The molecule has 0 aromatic heterocycles. The molecule has 0 spiro atoms. The van der Waals surface area contributed by atoms with E-state index in [1.165, 1.54) is 5.56 Å². The van der Waals surface area contributed by atoms with Crippen molar-refractivity contribution in [3.05, 3.63) is 23.8 Å². The topological polar surface area (TPSA) is 29.5 Å². The van der Waals surface area contributed by atoms with E-state index in [9.17, 15) is 4.79 Å². The van der Waals surface area contributed by atoms with Gasteiger partial charge >= 0.3 is 0 Å². The Morgan fingerprint density at radius 1 is 1.50 bits per heavy atom. The predicted molar refractivity (Wildman–Crippen MR) is 82.9 cm³/mol. The maximum atomic E-state index is 12.5. The minimum atomic E-state index is -0.540. The molecule has 0 bridgehead atoms. The average Bonchev–Trinajstić information content (AvgIpc) is 2.36. The molecule has 1 aliphatic rings. The van der Waals surface area contributed by atoms with Crippen molar-refractivity contribution >= 4 is 23.2 Å². The number of benzene rings is 1. The molecule has 1 amide bonds. The lowest BCUT2D eigenvalue weighted by Gasteiger charge is -2.46. The summed E-state index contributed by atoms with van der Waals surface area (Å²) in [5.41, 5.74) is 1.85. The van der Waals surface area contributed by atoms with Gasteiger partial charge in [-0.2, -0.15) is 0 Å². The second-order valence-electron chi connectivity index (χ2n) is 6.13. The molecule has 0 saturated heterocycles. The van der Waals surface area contributed by atoms with E-state index in [1.54, 1.807) is 14.0 Å². The first kappa shape index (κ1) is 15.2. The third kappa shape index (κ3) is 2.51. The van der Waals surface area contributed by atoms with Crippen molar-refractivity contribution in [2.24, 2.45) is 0 Å². The van der Waals surface area contributed by atoms with Crippen molar-refractivity contribution in [1.29, 1.82) is 0 Å². The van der Waals surface area contributed by atoms with Gasteiger partial charge in [0.15, 0.2) is 0 Å². The Bertz CT molecular complexity index is 525. The highest BCUT2D eigenvalue weighted by Crippen LogP contribution is 2.45. The minimum absolute atomic E-state index is 0.0573. The first-order valence-corrected chi connectivity index (χ1v) is 7.37. The van der Waals surface area contributed by atoms with E-state index in [4.69, 9.17) is 16.3 Å². The summed E-state index contributed by atoms with van der Waals surface area (Å²) in [6, 6.07) is 5.93. The highest BCUT2D eigenvalue weighted by Gasteiger charge is 2.41. The fourth-order valence-electron chi connectivity index (χ4n) is 3.13. The Morgan fingerprint density at radius 3 is 2.70 bits per heavy atom. The van der Waals surface area contributed by atoms with Crippen molar-refractivity contribution in [2.45, 2.75) is 50.9 Å². The number of rotatable bonds is 2. The highest BCUT2D eigenvalue weighted by atomic mass is 35.5. The Balaban J connectivity index is 2.60. The highest BCUT2D eigenvalue weighted by molar-refractivity contribution is 6.32. The largest absolute Gasteiger partial charge is 0.497 e. The number of carbonyl (C=O) groups is 1. The third-order valence-electron chi connectivity index (χ3n) is 3.98. The van der Waals surface area contributed by atoms with Crippen LogP contribution in [0.2, 0.25) is 0 Å². The maximum absolute atomic E-state index is 12.5. The van der Waals surface area contributed by atoms with Crippen molar-refractivity contribution in [3.63, 3.8) is 0 Å². The summed E-state index contributed by atoms with van der Waals surface area (Å²) in [6.07, 6.45) is 0.918. The standard InChI is InChI=1S/C16H22ClNO2/c1-10-9-16(3,4)18(15(19)11(2)17)14-8-12(20-5)6-7-13(10)14/h6-8,10-11H,9H2,1-5H3/t10-,11-/m0/s1. The summed E-state index contributed by atoms with van der Waals surface area (Å²) in [5, 5.41) is -0.540. The normalized spacial score (nSPS) is 22.1. The van der Waals surface area contributed by atoms with Crippen molar-refractivity contribution in [2.75, 3.05) is 12.0 Å². The van der Waals surface area contributed by atoms with E-state index in [-0.39, 0.29) is 11.4 Å². The lowest BCUT2D eigenvalue weighted by atomic mass is 9.80. The summed E-state index contributed by atoms with van der Waals surface area (Å²) in [7, 11) is 1.63. The van der Waals surface area contributed by atoms with Gasteiger partial charge in [0.05, 0.1) is 12.8 Å². The van der Waals surface area contributed by atoms with Crippen LogP contribution in [0.3, 0.4) is 0 Å². The number of hydrogen-bond acceptors (Lipinski definition) is 2. The van der Waals surface area contributed by atoms with Gasteiger partial charge in [-0.15, -0.1) is 11.6 Å². The number of nitrogens with zero attached hydrogens (tertiary/aromatic N) is 1. The zero-order valence-electron chi connectivity index (χ0n) is 12.7. The first-order valence-electron chi connectivity index (χ1n) is 6.94. The number of ether oxygens (including phenoxy) is 1. The third-order valence-corrected chi connectivity index (χ3v) is 4.17. The van der Waals surface area contributed by atoms with Gasteiger partial charge < -0.3 is 9.64 Å². The van der Waals surface area contributed by atoms with Gasteiger partial charge in [-0.05, 0) is 44.7 Å². The smallest absolute Gasteiger partial charge is 0.245 e. The van der Waals surface area contributed by atoms with Crippen molar-refractivity contribution in [3.8, 4) is 5.75 Å². The summed E-state index contributed by atoms with van der Waals surface area (Å²) >= 11 is 6.04. The van der Waals surface area contributed by atoms with Crippen LogP contribution in [-0.4, -0.2) is 23.9 Å². The predicted octanol–water partition coefficient (Wildman–Crippen LogP) is 3.94. The van der Waals surface area contributed by atoms with E-state index in [0.29, 0.717) is 5.92 Å². The molecular formula is C16H22ClNO2. The van der Waals surface area contributed by atoms with Gasteiger partial charge in [0.2, 0.25) is 5.91 Å². The zero-order chi connectivity index (χ0) is 15.1. The second kappa shape index (κ2) is 5.28. The van der Waals surface area contributed by atoms with Gasteiger partial charge in [-0.25, -0.2) is 0 Å². The quantitative estimate of drug-likeness (QED) is 0.773. The Morgan fingerprint density at radius 2 is 2.15 bits per heavy atom. The van der Waals surface area contributed by atoms with Crippen LogP contribution >= 0.6 is 11.6 Å². The SMILES string of the molecule is COc1ccc2c(c1)N(C(=O)[C@H](C)Cl)C(C)(C)C[C@@H]2C. The van der Waals surface area contributed by atoms with E-state index < -0.39 is 5.38 Å². The van der Waals surface area contributed by atoms with E-state index in [1.807, 2.05) is 23.1 Å². The molecule has 110 valence electrons. The molecule has 1 aromatic rings. The van der Waals surface area contributed by atoms with Gasteiger partial charge in [-0.3, -0.25) is 4.79 Å². The number of methoxy groups -OCH3 is 1. The number of fused-ring (bicyclic) bond motifs is 1. The lowest BCUT2D eigenvalue weighted by Crippen LogP contribution is -2.53. The molecule has 2 atom stereocenters. The zero-order valence-corrected chi connectivity index (χ0v) is 13.5. The van der Waals surface area contributed by atoms with Crippen molar-refractivity contribution in [1.82, 2.24) is 0 Å². The molecule has 0 unspecified atom stereocenters. The van der Waals surface area contributed by atoms with Gasteiger partial charge in [0.1, 0.15) is 11.1 Å². The molecule has 1 aromatic carbocycles. The van der Waals surface area contributed by atoms with Crippen LogP contribution in [0.25, 0.3) is 0 Å². The van der Waals surface area contributed by atoms with Crippen LogP contribution in [0.4, 0.5) is 5.69 Å². The molecule has 2 rings (SSSR count). The van der Waals surface area contributed by atoms with Crippen LogP contribution in [0.1, 0.15) is 45.6 Å². The van der Waals surface area contributed by atoms with Crippen LogP contribution in [0, 0.1) is 0 Å². The number of halogens is 1. The molecular weight excluding hydrogens is 274 g/mol. The van der Waals surface area contributed by atoms with Crippen LogP contribution in [0.5, 0.6) is 5.75 Å². The number of hydrogen-bond donors (Lipinski definition) is 0. The Kier molecular flexibility index (Phi) is 4.01. The Hall–Kier alpha value is -1.22. The molecule has 4 heteroatoms. The Labute approximate surface area is 125 Å². The fourth-order valence-corrected chi connectivity index (χ4v) is 3.23. The minimum Gasteiger partial charge on any atom is -0.497 e. The lowest BCUT2D eigenvalue weighted by molar-refractivity contribution is -0.119. The molecule has 0 fully saturated rings. The molecule has 1 heterocycles. The number of anilines is 1. The van der Waals surface area contributed by atoms with Crippen LogP contribution in [0.15, 0.2) is 18.2 Å². The molecule has 0 N–H and O–H groups in total. The molecule has 1 aliphatic heterocycles. The molecule has 0 radical (unpaired) electrons. The van der Waals surface area contributed by atoms with Gasteiger partial charge in [0.25, 0.3) is 0 Å². The molecule has 20 heavy (non-hydrogen) atoms. The molecule has 0 saturated carbocycles. The number of amides is 1. The molecule has 3 nitrogen and oxygen atoms in total. The first-order chi connectivity index (χ1) is 9.27. The fraction of sp³-hybridized carbons (Fsp3) is 0.562. The van der Waals surface area contributed by atoms with E-state index in [0.717, 1.165) is 17.9 Å². The number of alkyl halides is 1. The van der Waals surface area contributed by atoms with Crippen LogP contribution < -0.4 is 9.64 Å². The van der Waals surface area contributed by atoms with E-state index >= 15 is 0 Å². The van der Waals surface area contributed by atoms with Gasteiger partial charge in [-0.1, -0.05) is 13.0 Å². The van der Waals surface area contributed by atoms with Crippen molar-refractivity contribution < 1.29 is 9.53 Å². The maximum Gasteiger partial charge on any atom is 0.245 e. The summed E-state index contributed by atoms with van der Waals surface area (Å²) in [6.45, 7) is 8.09. The summed E-state index contributed by atoms with van der Waals surface area (Å²) in [5.74, 6) is 1.10. The van der Waals surface area contributed by atoms with Crippen LogP contribution in [-0.2, 0) is 4.79 Å².